The van der Waals surface area contributed by atoms with Gasteiger partial charge in [-0.2, -0.15) is 0 Å². The Bertz CT molecular complexity index is 457. The second kappa shape index (κ2) is 9.13. The molecule has 0 aliphatic heterocycles. The predicted molar refractivity (Wildman–Crippen MR) is 84.0 cm³/mol. The third-order valence-corrected chi connectivity index (χ3v) is 3.31. The fourth-order valence-electron chi connectivity index (χ4n) is 1.83. The van der Waals surface area contributed by atoms with Crippen molar-refractivity contribution in [2.45, 2.75) is 39.2 Å². The molecular weight excluding hydrogens is 266 g/mol. The first-order chi connectivity index (χ1) is 10.1. The second-order valence-electron chi connectivity index (χ2n) is 5.12. The van der Waals surface area contributed by atoms with Gasteiger partial charge in [0.05, 0.1) is 0 Å². The van der Waals surface area contributed by atoms with Gasteiger partial charge >= 0.3 is 0 Å². The first kappa shape index (κ1) is 17.2. The molecule has 0 radical (unpaired) electrons. The molecule has 5 nitrogen and oxygen atoms in total. The van der Waals surface area contributed by atoms with Crippen molar-refractivity contribution in [2.24, 2.45) is 5.73 Å². The molecule has 0 saturated carbocycles. The lowest BCUT2D eigenvalue weighted by Gasteiger charge is -2.11. The summed E-state index contributed by atoms with van der Waals surface area (Å²) in [5.74, 6) is -0.200. The standard InChI is InChI=1S/C16H25N3O2/c1-3-12(2)19-15(20)9-11-18-16(21)14-6-4-13(5-7-14)8-10-17/h4-7,12H,3,8-11,17H2,1-2H3,(H,18,21)(H,19,20). The van der Waals surface area contributed by atoms with Crippen LogP contribution in [0.3, 0.4) is 0 Å². The zero-order valence-corrected chi connectivity index (χ0v) is 12.8. The van der Waals surface area contributed by atoms with Gasteiger partial charge in [0.25, 0.3) is 5.91 Å². The molecular formula is C16H25N3O2. The molecule has 1 aromatic carbocycles. The number of amides is 2. The van der Waals surface area contributed by atoms with E-state index in [0.717, 1.165) is 18.4 Å². The number of benzene rings is 1. The van der Waals surface area contributed by atoms with Gasteiger partial charge in [0.15, 0.2) is 0 Å². The van der Waals surface area contributed by atoms with Gasteiger partial charge in [0.1, 0.15) is 0 Å². The lowest BCUT2D eigenvalue weighted by molar-refractivity contribution is -0.121. The lowest BCUT2D eigenvalue weighted by atomic mass is 10.1. The molecule has 1 atom stereocenters. The maximum absolute atomic E-state index is 11.9. The van der Waals surface area contributed by atoms with Crippen LogP contribution in [0.15, 0.2) is 24.3 Å². The van der Waals surface area contributed by atoms with E-state index in [0.29, 0.717) is 25.1 Å². The van der Waals surface area contributed by atoms with Crippen LogP contribution in [0.25, 0.3) is 0 Å². The molecule has 0 fully saturated rings. The minimum absolute atomic E-state index is 0.0389. The fourth-order valence-corrected chi connectivity index (χ4v) is 1.83. The topological polar surface area (TPSA) is 84.2 Å². The lowest BCUT2D eigenvalue weighted by Crippen LogP contribution is -2.35. The van der Waals surface area contributed by atoms with Crippen LogP contribution in [-0.4, -0.2) is 30.9 Å². The molecule has 1 aromatic rings. The van der Waals surface area contributed by atoms with E-state index in [-0.39, 0.29) is 17.9 Å². The zero-order chi connectivity index (χ0) is 15.7. The quantitative estimate of drug-likeness (QED) is 0.673. The molecule has 0 spiro atoms. The molecule has 0 aliphatic carbocycles. The summed E-state index contributed by atoms with van der Waals surface area (Å²) in [5, 5.41) is 5.61. The van der Waals surface area contributed by atoms with Crippen molar-refractivity contribution in [1.82, 2.24) is 10.6 Å². The van der Waals surface area contributed by atoms with Crippen molar-refractivity contribution in [2.75, 3.05) is 13.1 Å². The molecule has 2 amide bonds. The highest BCUT2D eigenvalue weighted by Crippen LogP contribution is 2.04. The highest BCUT2D eigenvalue weighted by atomic mass is 16.2. The Kier molecular flexibility index (Phi) is 7.46. The van der Waals surface area contributed by atoms with Gasteiger partial charge < -0.3 is 16.4 Å². The average Bonchev–Trinajstić information content (AvgIpc) is 2.48. The molecule has 1 rings (SSSR count). The van der Waals surface area contributed by atoms with Crippen LogP contribution < -0.4 is 16.4 Å². The summed E-state index contributed by atoms with van der Waals surface area (Å²) >= 11 is 0. The molecule has 0 aliphatic rings. The third-order valence-electron chi connectivity index (χ3n) is 3.31. The van der Waals surface area contributed by atoms with E-state index < -0.39 is 0 Å². The zero-order valence-electron chi connectivity index (χ0n) is 12.8. The van der Waals surface area contributed by atoms with Gasteiger partial charge in [0, 0.05) is 24.6 Å². The summed E-state index contributed by atoms with van der Waals surface area (Å²) in [7, 11) is 0. The Hall–Kier alpha value is -1.88. The maximum atomic E-state index is 11.9. The minimum Gasteiger partial charge on any atom is -0.354 e. The van der Waals surface area contributed by atoms with Crippen molar-refractivity contribution in [1.29, 1.82) is 0 Å². The molecule has 5 heteroatoms. The Morgan fingerprint density at radius 2 is 1.90 bits per heavy atom. The minimum atomic E-state index is -0.161. The van der Waals surface area contributed by atoms with Crippen LogP contribution in [-0.2, 0) is 11.2 Å². The average molecular weight is 291 g/mol. The van der Waals surface area contributed by atoms with E-state index in [1.54, 1.807) is 12.1 Å². The molecule has 116 valence electrons. The molecule has 0 heterocycles. The van der Waals surface area contributed by atoms with E-state index in [2.05, 4.69) is 10.6 Å². The van der Waals surface area contributed by atoms with Crippen molar-refractivity contribution >= 4 is 11.8 Å². The van der Waals surface area contributed by atoms with E-state index in [1.807, 2.05) is 26.0 Å². The first-order valence-electron chi connectivity index (χ1n) is 7.43. The van der Waals surface area contributed by atoms with Crippen LogP contribution in [0.2, 0.25) is 0 Å². The second-order valence-corrected chi connectivity index (χ2v) is 5.12. The summed E-state index contributed by atoms with van der Waals surface area (Å²) in [5.41, 5.74) is 7.19. The Morgan fingerprint density at radius 3 is 2.48 bits per heavy atom. The van der Waals surface area contributed by atoms with Crippen LogP contribution in [0.1, 0.15) is 42.6 Å². The Balaban J connectivity index is 2.35. The Morgan fingerprint density at radius 1 is 1.24 bits per heavy atom. The summed E-state index contributed by atoms with van der Waals surface area (Å²) in [4.78, 5) is 23.5. The van der Waals surface area contributed by atoms with Crippen molar-refractivity contribution in [3.8, 4) is 0 Å². The van der Waals surface area contributed by atoms with E-state index in [9.17, 15) is 9.59 Å². The monoisotopic (exact) mass is 291 g/mol. The number of rotatable bonds is 8. The normalized spacial score (nSPS) is 11.8. The molecule has 0 bridgehead atoms. The molecule has 4 N–H and O–H groups in total. The molecule has 0 aromatic heterocycles. The Labute approximate surface area is 126 Å². The van der Waals surface area contributed by atoms with Crippen LogP contribution in [0, 0.1) is 0 Å². The van der Waals surface area contributed by atoms with Crippen molar-refractivity contribution in [3.63, 3.8) is 0 Å². The summed E-state index contributed by atoms with van der Waals surface area (Å²) in [6, 6.07) is 7.52. The number of nitrogens with two attached hydrogens (primary N) is 1. The van der Waals surface area contributed by atoms with Gasteiger partial charge in [-0.05, 0) is 44.0 Å². The number of nitrogens with one attached hydrogen (secondary N) is 2. The van der Waals surface area contributed by atoms with Crippen LogP contribution in [0.4, 0.5) is 0 Å². The summed E-state index contributed by atoms with van der Waals surface area (Å²) < 4.78 is 0. The van der Waals surface area contributed by atoms with E-state index in [1.165, 1.54) is 0 Å². The summed E-state index contributed by atoms with van der Waals surface area (Å²) in [6.45, 7) is 4.91. The largest absolute Gasteiger partial charge is 0.354 e. The first-order valence-corrected chi connectivity index (χ1v) is 7.43. The summed E-state index contributed by atoms with van der Waals surface area (Å²) in [6.07, 6.45) is 1.99. The van der Waals surface area contributed by atoms with Crippen molar-refractivity contribution in [3.05, 3.63) is 35.4 Å². The highest BCUT2D eigenvalue weighted by molar-refractivity contribution is 5.94. The van der Waals surface area contributed by atoms with Gasteiger partial charge in [-0.3, -0.25) is 9.59 Å². The smallest absolute Gasteiger partial charge is 0.251 e. The number of carbonyl (C=O) groups is 2. The van der Waals surface area contributed by atoms with Gasteiger partial charge in [0.2, 0.25) is 5.91 Å². The maximum Gasteiger partial charge on any atom is 0.251 e. The van der Waals surface area contributed by atoms with E-state index >= 15 is 0 Å². The predicted octanol–water partition coefficient (Wildman–Crippen LogP) is 1.22. The third kappa shape index (κ3) is 6.40. The number of hydrogen-bond donors (Lipinski definition) is 3. The fraction of sp³-hybridized carbons (Fsp3) is 0.500. The van der Waals surface area contributed by atoms with Crippen LogP contribution in [0.5, 0.6) is 0 Å². The number of hydrogen-bond acceptors (Lipinski definition) is 3. The molecule has 0 saturated heterocycles. The van der Waals surface area contributed by atoms with Crippen LogP contribution >= 0.6 is 0 Å². The van der Waals surface area contributed by atoms with E-state index in [4.69, 9.17) is 5.73 Å². The molecule has 21 heavy (non-hydrogen) atoms. The highest BCUT2D eigenvalue weighted by Gasteiger charge is 2.08. The number of carbonyl (C=O) groups excluding carboxylic acids is 2. The van der Waals surface area contributed by atoms with Crippen molar-refractivity contribution < 1.29 is 9.59 Å². The SMILES string of the molecule is CCC(C)NC(=O)CCNC(=O)c1ccc(CCN)cc1. The van der Waals surface area contributed by atoms with Gasteiger partial charge in [-0.15, -0.1) is 0 Å². The van der Waals surface area contributed by atoms with Gasteiger partial charge in [-0.1, -0.05) is 19.1 Å². The van der Waals surface area contributed by atoms with Gasteiger partial charge in [-0.25, -0.2) is 0 Å². The molecule has 1 unspecified atom stereocenters.